The molecule has 1 nitrogen and oxygen atoms in total. The van der Waals surface area contributed by atoms with E-state index in [0.29, 0.717) is 5.75 Å². The summed E-state index contributed by atoms with van der Waals surface area (Å²) in [7, 11) is 0. The van der Waals surface area contributed by atoms with Gasteiger partial charge in [0.05, 0.1) is 0 Å². The van der Waals surface area contributed by atoms with Gasteiger partial charge in [0.2, 0.25) is 0 Å². The van der Waals surface area contributed by atoms with E-state index in [2.05, 4.69) is 0 Å². The van der Waals surface area contributed by atoms with Crippen LogP contribution < -0.4 is 4.74 Å². The minimum atomic E-state index is -0.277. The molecule has 0 unspecified atom stereocenters. The highest BCUT2D eigenvalue weighted by Crippen LogP contribution is 2.23. The third-order valence-electron chi connectivity index (χ3n) is 3.20. The van der Waals surface area contributed by atoms with E-state index < -0.39 is 0 Å². The zero-order valence-electron chi connectivity index (χ0n) is 11.9. The smallest absolute Gasteiger partial charge is 0.135 e. The average molecular weight is 290 g/mol. The number of rotatable bonds is 4. The average Bonchev–Trinajstić information content (AvgIpc) is 2.58. The molecule has 0 aliphatic heterocycles. The number of benzene rings is 3. The first-order valence-corrected chi connectivity index (χ1v) is 7.07. The molecule has 0 bridgehead atoms. The van der Waals surface area contributed by atoms with Crippen molar-refractivity contribution in [3.8, 4) is 5.75 Å². The number of hydrogen-bond acceptors (Lipinski definition) is 1. The van der Waals surface area contributed by atoms with Crippen molar-refractivity contribution in [3.63, 3.8) is 0 Å². The summed E-state index contributed by atoms with van der Waals surface area (Å²) in [5.41, 5.74) is 2.01. The van der Waals surface area contributed by atoms with Gasteiger partial charge in [-0.2, -0.15) is 0 Å². The largest absolute Gasteiger partial charge is 0.457 e. The quantitative estimate of drug-likeness (QED) is 0.461. The molecule has 0 aliphatic carbocycles. The highest BCUT2D eigenvalue weighted by atomic mass is 19.1. The molecule has 0 saturated heterocycles. The molecular formula is C20H15FO. The Morgan fingerprint density at radius 3 is 1.95 bits per heavy atom. The van der Waals surface area contributed by atoms with E-state index in [-0.39, 0.29) is 5.82 Å². The third-order valence-corrected chi connectivity index (χ3v) is 3.20. The van der Waals surface area contributed by atoms with E-state index in [1.807, 2.05) is 66.7 Å². The van der Waals surface area contributed by atoms with E-state index in [1.54, 1.807) is 12.1 Å². The van der Waals surface area contributed by atoms with Crippen LogP contribution in [0.5, 0.6) is 5.75 Å². The van der Waals surface area contributed by atoms with Crippen molar-refractivity contribution in [3.05, 3.63) is 102 Å². The molecule has 0 atom stereocenters. The van der Waals surface area contributed by atoms with Crippen LogP contribution in [0.1, 0.15) is 11.1 Å². The van der Waals surface area contributed by atoms with Gasteiger partial charge in [-0.25, -0.2) is 4.39 Å². The fourth-order valence-electron chi connectivity index (χ4n) is 2.10. The molecule has 22 heavy (non-hydrogen) atoms. The van der Waals surface area contributed by atoms with Crippen molar-refractivity contribution < 1.29 is 9.13 Å². The van der Waals surface area contributed by atoms with E-state index in [0.717, 1.165) is 16.9 Å². The van der Waals surface area contributed by atoms with Gasteiger partial charge in [-0.15, -0.1) is 0 Å². The molecule has 0 radical (unpaired) electrons. The Balaban J connectivity index is 1.96. The molecule has 0 aromatic heterocycles. The molecule has 0 amide bonds. The zero-order chi connectivity index (χ0) is 15.2. The van der Waals surface area contributed by atoms with E-state index in [4.69, 9.17) is 4.74 Å². The van der Waals surface area contributed by atoms with E-state index in [1.165, 1.54) is 12.1 Å². The topological polar surface area (TPSA) is 9.23 Å². The molecule has 0 spiro atoms. The lowest BCUT2D eigenvalue weighted by molar-refractivity contribution is 0.515. The fourth-order valence-corrected chi connectivity index (χ4v) is 2.10. The molecule has 3 rings (SSSR count). The Bertz CT molecular complexity index is 747. The molecular weight excluding hydrogens is 275 g/mol. The van der Waals surface area contributed by atoms with Crippen molar-refractivity contribution in [2.24, 2.45) is 0 Å². The van der Waals surface area contributed by atoms with Crippen LogP contribution >= 0.6 is 0 Å². The second-order valence-corrected chi connectivity index (χ2v) is 4.84. The van der Waals surface area contributed by atoms with Gasteiger partial charge in [0.25, 0.3) is 0 Å². The van der Waals surface area contributed by atoms with Crippen molar-refractivity contribution >= 4 is 11.8 Å². The van der Waals surface area contributed by atoms with E-state index in [9.17, 15) is 4.39 Å². The summed E-state index contributed by atoms with van der Waals surface area (Å²) in [5.74, 6) is 1.05. The molecule has 0 N–H and O–H groups in total. The maximum Gasteiger partial charge on any atom is 0.135 e. The summed E-state index contributed by atoms with van der Waals surface area (Å²) in [4.78, 5) is 0. The van der Waals surface area contributed by atoms with Crippen LogP contribution in [0.3, 0.4) is 0 Å². The van der Waals surface area contributed by atoms with Crippen LogP contribution in [0, 0.1) is 5.82 Å². The summed E-state index contributed by atoms with van der Waals surface area (Å²) in [6.07, 6.45) is 1.97. The third kappa shape index (κ3) is 3.61. The monoisotopic (exact) mass is 290 g/mol. The van der Waals surface area contributed by atoms with Gasteiger partial charge in [-0.05, 0) is 35.9 Å². The lowest BCUT2D eigenvalue weighted by Gasteiger charge is -2.11. The molecule has 108 valence electrons. The normalized spacial score (nSPS) is 11.2. The standard InChI is InChI=1S/C20H15FO/c21-18-11-13-19(14-12-18)22-20(17-9-5-2-6-10-17)15-16-7-3-1-4-8-16/h1-15H. The number of halogens is 1. The van der Waals surface area contributed by atoms with Gasteiger partial charge in [-0.3, -0.25) is 0 Å². The van der Waals surface area contributed by atoms with Gasteiger partial charge < -0.3 is 4.74 Å². The van der Waals surface area contributed by atoms with Crippen LogP contribution in [0.2, 0.25) is 0 Å². The second-order valence-electron chi connectivity index (χ2n) is 4.84. The lowest BCUT2D eigenvalue weighted by atomic mass is 10.1. The van der Waals surface area contributed by atoms with Crippen LogP contribution in [0.4, 0.5) is 4.39 Å². The van der Waals surface area contributed by atoms with Gasteiger partial charge in [-0.1, -0.05) is 60.7 Å². The molecule has 0 aliphatic rings. The zero-order valence-corrected chi connectivity index (χ0v) is 11.9. The van der Waals surface area contributed by atoms with Crippen LogP contribution in [0.15, 0.2) is 84.9 Å². The minimum Gasteiger partial charge on any atom is -0.457 e. The molecule has 0 heterocycles. The van der Waals surface area contributed by atoms with Crippen molar-refractivity contribution in [2.45, 2.75) is 0 Å². The summed E-state index contributed by atoms with van der Waals surface area (Å²) >= 11 is 0. The summed E-state index contributed by atoms with van der Waals surface area (Å²) < 4.78 is 19.0. The highest BCUT2D eigenvalue weighted by molar-refractivity contribution is 5.78. The lowest BCUT2D eigenvalue weighted by Crippen LogP contribution is -1.95. The molecule has 0 saturated carbocycles. The van der Waals surface area contributed by atoms with Crippen molar-refractivity contribution in [1.29, 1.82) is 0 Å². The SMILES string of the molecule is Fc1ccc(OC(=Cc2ccccc2)c2ccccc2)cc1. The Morgan fingerprint density at radius 2 is 1.32 bits per heavy atom. The molecule has 3 aromatic carbocycles. The molecule has 2 heteroatoms. The summed E-state index contributed by atoms with van der Waals surface area (Å²) in [6, 6.07) is 25.8. The van der Waals surface area contributed by atoms with Crippen LogP contribution in [-0.4, -0.2) is 0 Å². The van der Waals surface area contributed by atoms with Crippen LogP contribution in [0.25, 0.3) is 11.8 Å². The van der Waals surface area contributed by atoms with Crippen LogP contribution in [-0.2, 0) is 0 Å². The maximum absolute atomic E-state index is 13.0. The Labute approximate surface area is 129 Å². The Kier molecular flexibility index (Phi) is 4.30. The fraction of sp³-hybridized carbons (Fsp3) is 0. The number of hydrogen-bond donors (Lipinski definition) is 0. The van der Waals surface area contributed by atoms with Gasteiger partial charge in [0, 0.05) is 5.56 Å². The summed E-state index contributed by atoms with van der Waals surface area (Å²) in [6.45, 7) is 0. The first-order valence-electron chi connectivity index (χ1n) is 7.07. The summed E-state index contributed by atoms with van der Waals surface area (Å²) in [5, 5.41) is 0. The van der Waals surface area contributed by atoms with Crippen molar-refractivity contribution in [1.82, 2.24) is 0 Å². The number of ether oxygens (including phenoxy) is 1. The molecule has 0 fully saturated rings. The van der Waals surface area contributed by atoms with Crippen molar-refractivity contribution in [2.75, 3.05) is 0 Å². The predicted octanol–water partition coefficient (Wildman–Crippen LogP) is 5.40. The Morgan fingerprint density at radius 1 is 0.727 bits per heavy atom. The van der Waals surface area contributed by atoms with Gasteiger partial charge in [0.15, 0.2) is 0 Å². The van der Waals surface area contributed by atoms with Gasteiger partial charge in [0.1, 0.15) is 17.3 Å². The minimum absolute atomic E-state index is 0.277. The highest BCUT2D eigenvalue weighted by Gasteiger charge is 2.05. The predicted molar refractivity (Wildman–Crippen MR) is 87.8 cm³/mol. The second kappa shape index (κ2) is 6.72. The first kappa shape index (κ1) is 14.1. The van der Waals surface area contributed by atoms with Gasteiger partial charge >= 0.3 is 0 Å². The van der Waals surface area contributed by atoms with E-state index >= 15 is 0 Å². The maximum atomic E-state index is 13.0. The molecule has 3 aromatic rings. The Hall–Kier alpha value is -2.87. The first-order chi connectivity index (χ1) is 10.8.